The van der Waals surface area contributed by atoms with E-state index >= 15 is 0 Å². The van der Waals surface area contributed by atoms with Crippen LogP contribution in [-0.2, 0) is 6.54 Å². The van der Waals surface area contributed by atoms with E-state index in [0.29, 0.717) is 6.04 Å². The molecule has 0 aliphatic heterocycles. The summed E-state index contributed by atoms with van der Waals surface area (Å²) in [5.74, 6) is 1.06. The van der Waals surface area contributed by atoms with E-state index in [9.17, 15) is 0 Å². The van der Waals surface area contributed by atoms with Crippen molar-refractivity contribution in [3.8, 4) is 0 Å². The SMILES string of the molecule is CNCc1cc2ccccc2c(N(C)C(C)C)n1. The van der Waals surface area contributed by atoms with E-state index in [4.69, 9.17) is 4.98 Å². The molecule has 18 heavy (non-hydrogen) atoms. The van der Waals surface area contributed by atoms with E-state index in [-0.39, 0.29) is 0 Å². The molecular weight excluding hydrogens is 222 g/mol. The van der Waals surface area contributed by atoms with Crippen molar-refractivity contribution in [2.75, 3.05) is 19.0 Å². The molecule has 2 aromatic rings. The number of hydrogen-bond donors (Lipinski definition) is 1. The van der Waals surface area contributed by atoms with Gasteiger partial charge in [-0.2, -0.15) is 0 Å². The summed E-state index contributed by atoms with van der Waals surface area (Å²) >= 11 is 0. The van der Waals surface area contributed by atoms with Gasteiger partial charge in [0.05, 0.1) is 5.69 Å². The Morgan fingerprint density at radius 3 is 2.67 bits per heavy atom. The first-order valence-electron chi connectivity index (χ1n) is 6.39. The van der Waals surface area contributed by atoms with Crippen molar-refractivity contribution >= 4 is 16.6 Å². The molecule has 1 aromatic heterocycles. The van der Waals surface area contributed by atoms with Crippen LogP contribution in [0.1, 0.15) is 19.5 Å². The van der Waals surface area contributed by atoms with Crippen LogP contribution in [0.4, 0.5) is 5.82 Å². The van der Waals surface area contributed by atoms with Crippen LogP contribution in [0.25, 0.3) is 10.8 Å². The molecular formula is C15H21N3. The Morgan fingerprint density at radius 2 is 2.00 bits per heavy atom. The third-order valence-electron chi connectivity index (χ3n) is 3.24. The molecule has 0 saturated heterocycles. The van der Waals surface area contributed by atoms with Crippen molar-refractivity contribution in [3.05, 3.63) is 36.0 Å². The first-order chi connectivity index (χ1) is 8.63. The summed E-state index contributed by atoms with van der Waals surface area (Å²) in [6, 6.07) is 11.0. The number of aromatic nitrogens is 1. The number of benzene rings is 1. The number of anilines is 1. The molecule has 0 unspecified atom stereocenters. The Bertz CT molecular complexity index is 534. The monoisotopic (exact) mass is 243 g/mol. The van der Waals surface area contributed by atoms with Gasteiger partial charge in [0, 0.05) is 25.0 Å². The molecule has 96 valence electrons. The number of rotatable bonds is 4. The van der Waals surface area contributed by atoms with Gasteiger partial charge in [-0.15, -0.1) is 0 Å². The van der Waals surface area contributed by atoms with Crippen LogP contribution in [-0.4, -0.2) is 25.1 Å². The maximum absolute atomic E-state index is 4.78. The third kappa shape index (κ3) is 2.46. The van der Waals surface area contributed by atoms with E-state index in [1.54, 1.807) is 0 Å². The molecule has 1 aromatic carbocycles. The van der Waals surface area contributed by atoms with Crippen molar-refractivity contribution in [2.24, 2.45) is 0 Å². The minimum absolute atomic E-state index is 0.436. The molecule has 3 nitrogen and oxygen atoms in total. The molecule has 0 amide bonds. The highest BCUT2D eigenvalue weighted by Crippen LogP contribution is 2.26. The molecule has 0 saturated carbocycles. The van der Waals surface area contributed by atoms with Crippen LogP contribution in [0.3, 0.4) is 0 Å². The van der Waals surface area contributed by atoms with E-state index in [1.165, 1.54) is 10.8 Å². The van der Waals surface area contributed by atoms with Crippen LogP contribution in [0, 0.1) is 0 Å². The quantitative estimate of drug-likeness (QED) is 0.895. The molecule has 2 rings (SSSR count). The zero-order valence-electron chi connectivity index (χ0n) is 11.6. The smallest absolute Gasteiger partial charge is 0.136 e. The zero-order valence-corrected chi connectivity index (χ0v) is 11.6. The van der Waals surface area contributed by atoms with Gasteiger partial charge < -0.3 is 10.2 Å². The van der Waals surface area contributed by atoms with Crippen molar-refractivity contribution < 1.29 is 0 Å². The summed E-state index contributed by atoms with van der Waals surface area (Å²) in [5.41, 5.74) is 1.08. The van der Waals surface area contributed by atoms with Crippen molar-refractivity contribution in [1.29, 1.82) is 0 Å². The lowest BCUT2D eigenvalue weighted by Gasteiger charge is -2.24. The summed E-state index contributed by atoms with van der Waals surface area (Å²) in [5, 5.41) is 5.63. The Kier molecular flexibility index (Phi) is 3.82. The second-order valence-corrected chi connectivity index (χ2v) is 4.89. The Labute approximate surface area is 109 Å². The van der Waals surface area contributed by atoms with Crippen molar-refractivity contribution in [3.63, 3.8) is 0 Å². The second kappa shape index (κ2) is 5.36. The van der Waals surface area contributed by atoms with Gasteiger partial charge in [0.2, 0.25) is 0 Å². The summed E-state index contributed by atoms with van der Waals surface area (Å²) in [7, 11) is 4.05. The summed E-state index contributed by atoms with van der Waals surface area (Å²) < 4.78 is 0. The lowest BCUT2D eigenvalue weighted by Crippen LogP contribution is -2.27. The number of pyridine rings is 1. The van der Waals surface area contributed by atoms with Crippen LogP contribution in [0.2, 0.25) is 0 Å². The normalized spacial score (nSPS) is 11.2. The standard InChI is InChI=1S/C15H21N3/c1-11(2)18(4)15-14-8-6-5-7-12(14)9-13(17-15)10-16-3/h5-9,11,16H,10H2,1-4H3. The summed E-state index contributed by atoms with van der Waals surface area (Å²) in [6.07, 6.45) is 0. The third-order valence-corrected chi connectivity index (χ3v) is 3.24. The molecule has 0 atom stereocenters. The average molecular weight is 243 g/mol. The molecule has 0 aliphatic rings. The van der Waals surface area contributed by atoms with Crippen LogP contribution >= 0.6 is 0 Å². The van der Waals surface area contributed by atoms with E-state index < -0.39 is 0 Å². The highest BCUT2D eigenvalue weighted by atomic mass is 15.2. The summed E-state index contributed by atoms with van der Waals surface area (Å²) in [6.45, 7) is 5.16. The van der Waals surface area contributed by atoms with Crippen LogP contribution < -0.4 is 10.2 Å². The lowest BCUT2D eigenvalue weighted by atomic mass is 10.1. The minimum Gasteiger partial charge on any atom is -0.357 e. The minimum atomic E-state index is 0.436. The van der Waals surface area contributed by atoms with E-state index in [0.717, 1.165) is 18.1 Å². The van der Waals surface area contributed by atoms with Crippen LogP contribution in [0.5, 0.6) is 0 Å². The van der Waals surface area contributed by atoms with E-state index in [2.05, 4.69) is 61.4 Å². The first-order valence-corrected chi connectivity index (χ1v) is 6.39. The maximum Gasteiger partial charge on any atom is 0.136 e. The predicted octanol–water partition coefficient (Wildman–Crippen LogP) is 2.80. The molecule has 0 aliphatic carbocycles. The van der Waals surface area contributed by atoms with Gasteiger partial charge in [0.25, 0.3) is 0 Å². The molecule has 1 N–H and O–H groups in total. The fraction of sp³-hybridized carbons (Fsp3) is 0.400. The van der Waals surface area contributed by atoms with Gasteiger partial charge in [-0.3, -0.25) is 0 Å². The van der Waals surface area contributed by atoms with Crippen LogP contribution in [0.15, 0.2) is 30.3 Å². The molecule has 1 heterocycles. The fourth-order valence-electron chi connectivity index (χ4n) is 2.02. The fourth-order valence-corrected chi connectivity index (χ4v) is 2.02. The zero-order chi connectivity index (χ0) is 13.1. The van der Waals surface area contributed by atoms with E-state index in [1.807, 2.05) is 7.05 Å². The molecule has 0 fully saturated rings. The average Bonchev–Trinajstić information content (AvgIpc) is 2.37. The number of hydrogen-bond acceptors (Lipinski definition) is 3. The number of fused-ring (bicyclic) bond motifs is 1. The highest BCUT2D eigenvalue weighted by molar-refractivity contribution is 5.92. The van der Waals surface area contributed by atoms with Gasteiger partial charge in [0.1, 0.15) is 5.82 Å². The van der Waals surface area contributed by atoms with Gasteiger partial charge in [-0.05, 0) is 32.3 Å². The Morgan fingerprint density at radius 1 is 1.28 bits per heavy atom. The number of nitrogens with one attached hydrogen (secondary N) is 1. The van der Waals surface area contributed by atoms with Crippen molar-refractivity contribution in [1.82, 2.24) is 10.3 Å². The predicted molar refractivity (Wildman–Crippen MR) is 78.0 cm³/mol. The lowest BCUT2D eigenvalue weighted by molar-refractivity contribution is 0.735. The summed E-state index contributed by atoms with van der Waals surface area (Å²) in [4.78, 5) is 7.00. The molecule has 0 spiro atoms. The molecule has 0 bridgehead atoms. The van der Waals surface area contributed by atoms with Gasteiger partial charge in [-0.25, -0.2) is 4.98 Å². The van der Waals surface area contributed by atoms with Gasteiger partial charge in [-0.1, -0.05) is 24.3 Å². The molecule has 3 heteroatoms. The highest BCUT2D eigenvalue weighted by Gasteiger charge is 2.12. The topological polar surface area (TPSA) is 28.2 Å². The largest absolute Gasteiger partial charge is 0.357 e. The Hall–Kier alpha value is -1.61. The first kappa shape index (κ1) is 12.8. The van der Waals surface area contributed by atoms with Crippen molar-refractivity contribution in [2.45, 2.75) is 26.4 Å². The number of nitrogens with zero attached hydrogens (tertiary/aromatic N) is 2. The Balaban J connectivity index is 2.60. The second-order valence-electron chi connectivity index (χ2n) is 4.89. The van der Waals surface area contributed by atoms with Gasteiger partial charge >= 0.3 is 0 Å². The molecule has 0 radical (unpaired) electrons. The maximum atomic E-state index is 4.78. The van der Waals surface area contributed by atoms with Gasteiger partial charge in [0.15, 0.2) is 0 Å².